The fourth-order valence-corrected chi connectivity index (χ4v) is 3.27. The Morgan fingerprint density at radius 2 is 2.12 bits per heavy atom. The van der Waals surface area contributed by atoms with Gasteiger partial charge in [0.1, 0.15) is 17.3 Å². The number of thiocarbonyl (C=S) groups is 1. The van der Waals surface area contributed by atoms with Crippen LogP contribution in [0.15, 0.2) is 24.3 Å². The van der Waals surface area contributed by atoms with E-state index in [1.807, 2.05) is 0 Å². The smallest absolute Gasteiger partial charge is 0.248 e. The Morgan fingerprint density at radius 3 is 2.80 bits per heavy atom. The Morgan fingerprint density at radius 1 is 1.40 bits per heavy atom. The van der Waals surface area contributed by atoms with Crippen LogP contribution < -0.4 is 15.4 Å². The van der Waals surface area contributed by atoms with Gasteiger partial charge >= 0.3 is 0 Å². The number of fused-ring (bicyclic) bond motifs is 1. The Bertz CT molecular complexity index is 779. The zero-order valence-electron chi connectivity index (χ0n) is 14.0. The standard InChI is InChI=1S/C16H18N4O4S/c1-16(2)14(23)18-15(25)19-12(21)8-11(20(16)19)13(22)17-9-5-4-6-10(7-9)24-3/h4-7,11H,8H2,1-3H3,(H,17,22)(H,18,23,25)/t11-/m0/s1. The molecule has 3 rings (SSSR count). The number of anilines is 1. The zero-order valence-corrected chi connectivity index (χ0v) is 14.8. The van der Waals surface area contributed by atoms with Gasteiger partial charge in [0.2, 0.25) is 17.7 Å². The van der Waals surface area contributed by atoms with Crippen LogP contribution in [0.1, 0.15) is 20.3 Å². The molecule has 2 fully saturated rings. The number of carbonyl (C=O) groups excluding carboxylic acids is 3. The Kier molecular flexibility index (Phi) is 4.21. The van der Waals surface area contributed by atoms with Crippen molar-refractivity contribution in [3.05, 3.63) is 24.3 Å². The summed E-state index contributed by atoms with van der Waals surface area (Å²) in [5.74, 6) is -0.484. The first-order chi connectivity index (χ1) is 11.8. The number of hydrogen-bond acceptors (Lipinski definition) is 6. The molecular formula is C16H18N4O4S. The second kappa shape index (κ2) is 6.08. The molecule has 2 N–H and O–H groups in total. The van der Waals surface area contributed by atoms with E-state index in [-0.39, 0.29) is 23.3 Å². The van der Waals surface area contributed by atoms with Crippen LogP contribution in [0.25, 0.3) is 0 Å². The molecule has 9 heteroatoms. The van der Waals surface area contributed by atoms with E-state index in [0.29, 0.717) is 11.4 Å². The molecule has 0 saturated carbocycles. The van der Waals surface area contributed by atoms with Gasteiger partial charge < -0.3 is 10.1 Å². The van der Waals surface area contributed by atoms with Gasteiger partial charge in [-0.15, -0.1) is 0 Å². The summed E-state index contributed by atoms with van der Waals surface area (Å²) in [6, 6.07) is 6.05. The van der Waals surface area contributed by atoms with E-state index in [0.717, 1.165) is 0 Å². The molecule has 25 heavy (non-hydrogen) atoms. The summed E-state index contributed by atoms with van der Waals surface area (Å²) < 4.78 is 5.13. The number of carbonyl (C=O) groups is 3. The molecule has 0 aliphatic carbocycles. The summed E-state index contributed by atoms with van der Waals surface area (Å²) in [5.41, 5.74) is -0.553. The molecule has 3 amide bonds. The molecular weight excluding hydrogens is 344 g/mol. The Balaban J connectivity index is 1.88. The van der Waals surface area contributed by atoms with Crippen molar-refractivity contribution >= 4 is 40.7 Å². The fraction of sp³-hybridized carbons (Fsp3) is 0.375. The Labute approximate surface area is 150 Å². The predicted molar refractivity (Wildman–Crippen MR) is 93.5 cm³/mol. The highest BCUT2D eigenvalue weighted by molar-refractivity contribution is 7.80. The van der Waals surface area contributed by atoms with E-state index in [1.165, 1.54) is 17.1 Å². The average Bonchev–Trinajstić information content (AvgIpc) is 2.92. The summed E-state index contributed by atoms with van der Waals surface area (Å²) >= 11 is 5.09. The number of benzene rings is 1. The lowest BCUT2D eigenvalue weighted by Crippen LogP contribution is -2.71. The number of methoxy groups -OCH3 is 1. The Hall–Kier alpha value is -2.52. The number of rotatable bonds is 3. The molecule has 1 aromatic rings. The maximum atomic E-state index is 12.8. The van der Waals surface area contributed by atoms with Crippen LogP contribution in [0.4, 0.5) is 5.69 Å². The van der Waals surface area contributed by atoms with Crippen LogP contribution in [-0.2, 0) is 14.4 Å². The minimum Gasteiger partial charge on any atom is -0.497 e. The number of nitrogens with one attached hydrogen (secondary N) is 2. The topological polar surface area (TPSA) is 91.0 Å². The van der Waals surface area contributed by atoms with Gasteiger partial charge in [-0.1, -0.05) is 6.07 Å². The third-order valence-corrected chi connectivity index (χ3v) is 4.57. The minimum absolute atomic E-state index is 0.00833. The number of ether oxygens (including phenoxy) is 1. The average molecular weight is 362 g/mol. The molecule has 1 atom stereocenters. The van der Waals surface area contributed by atoms with Crippen molar-refractivity contribution in [1.82, 2.24) is 15.3 Å². The SMILES string of the molecule is COc1cccc(NC(=O)[C@@H]2CC(=O)N3C(=S)NC(=O)C(C)(C)N23)c1. The van der Waals surface area contributed by atoms with Gasteiger partial charge in [-0.25, -0.2) is 5.01 Å². The summed E-state index contributed by atoms with van der Waals surface area (Å²) in [5, 5.41) is 7.91. The van der Waals surface area contributed by atoms with Gasteiger partial charge in [0.15, 0.2) is 5.11 Å². The van der Waals surface area contributed by atoms with Crippen LogP contribution in [0.3, 0.4) is 0 Å². The van der Waals surface area contributed by atoms with Crippen molar-refractivity contribution < 1.29 is 19.1 Å². The second-order valence-electron chi connectivity index (χ2n) is 6.31. The maximum absolute atomic E-state index is 12.8. The van der Waals surface area contributed by atoms with E-state index in [2.05, 4.69) is 10.6 Å². The van der Waals surface area contributed by atoms with Gasteiger partial charge in [-0.05, 0) is 38.2 Å². The van der Waals surface area contributed by atoms with Crippen molar-refractivity contribution in [2.75, 3.05) is 12.4 Å². The van der Waals surface area contributed by atoms with Gasteiger partial charge in [0.05, 0.1) is 13.5 Å². The van der Waals surface area contributed by atoms with E-state index in [9.17, 15) is 14.4 Å². The molecule has 2 heterocycles. The number of amides is 3. The summed E-state index contributed by atoms with van der Waals surface area (Å²) in [4.78, 5) is 37.4. The van der Waals surface area contributed by atoms with Crippen molar-refractivity contribution in [3.63, 3.8) is 0 Å². The number of hydrazine groups is 1. The molecule has 1 aromatic carbocycles. The molecule has 0 bridgehead atoms. The summed E-state index contributed by atoms with van der Waals surface area (Å²) in [6.45, 7) is 3.28. The van der Waals surface area contributed by atoms with E-state index >= 15 is 0 Å². The molecule has 2 aliphatic rings. The predicted octanol–water partition coefficient (Wildman–Crippen LogP) is 0.645. The first kappa shape index (κ1) is 17.3. The minimum atomic E-state index is -1.09. The van der Waals surface area contributed by atoms with Crippen LogP contribution in [-0.4, -0.2) is 51.5 Å². The molecule has 132 valence electrons. The second-order valence-corrected chi connectivity index (χ2v) is 6.70. The highest BCUT2D eigenvalue weighted by atomic mass is 32.1. The third kappa shape index (κ3) is 2.85. The van der Waals surface area contributed by atoms with Gasteiger partial charge in [-0.2, -0.15) is 5.01 Å². The quantitative estimate of drug-likeness (QED) is 0.767. The van der Waals surface area contributed by atoms with Gasteiger partial charge in [0, 0.05) is 11.8 Å². The van der Waals surface area contributed by atoms with E-state index in [1.54, 1.807) is 38.1 Å². The molecule has 2 saturated heterocycles. The van der Waals surface area contributed by atoms with Crippen LogP contribution in [0, 0.1) is 0 Å². The normalized spacial score (nSPS) is 22.4. The molecule has 8 nitrogen and oxygen atoms in total. The van der Waals surface area contributed by atoms with E-state index in [4.69, 9.17) is 17.0 Å². The molecule has 0 aromatic heterocycles. The third-order valence-electron chi connectivity index (χ3n) is 4.30. The van der Waals surface area contributed by atoms with Gasteiger partial charge in [-0.3, -0.25) is 19.7 Å². The lowest BCUT2D eigenvalue weighted by molar-refractivity contribution is -0.154. The first-order valence-corrected chi connectivity index (χ1v) is 8.09. The molecule has 0 radical (unpaired) electrons. The number of nitrogens with zero attached hydrogens (tertiary/aromatic N) is 2. The van der Waals surface area contributed by atoms with Crippen molar-refractivity contribution in [2.24, 2.45) is 0 Å². The largest absolute Gasteiger partial charge is 0.497 e. The van der Waals surface area contributed by atoms with E-state index < -0.39 is 17.5 Å². The highest BCUT2D eigenvalue weighted by Gasteiger charge is 2.56. The van der Waals surface area contributed by atoms with Crippen molar-refractivity contribution in [1.29, 1.82) is 0 Å². The number of hydrogen-bond donors (Lipinski definition) is 2. The monoisotopic (exact) mass is 362 g/mol. The summed E-state index contributed by atoms with van der Waals surface area (Å²) in [6.07, 6.45) is -0.0612. The summed E-state index contributed by atoms with van der Waals surface area (Å²) in [7, 11) is 1.53. The fourth-order valence-electron chi connectivity index (χ4n) is 2.99. The molecule has 0 unspecified atom stereocenters. The lowest BCUT2D eigenvalue weighted by atomic mass is 10.00. The van der Waals surface area contributed by atoms with Crippen LogP contribution in [0.5, 0.6) is 5.75 Å². The molecule has 2 aliphatic heterocycles. The van der Waals surface area contributed by atoms with Crippen LogP contribution >= 0.6 is 12.2 Å². The van der Waals surface area contributed by atoms with Crippen LogP contribution in [0.2, 0.25) is 0 Å². The highest BCUT2D eigenvalue weighted by Crippen LogP contribution is 2.33. The van der Waals surface area contributed by atoms with Gasteiger partial charge in [0.25, 0.3) is 0 Å². The first-order valence-electron chi connectivity index (χ1n) is 7.68. The maximum Gasteiger partial charge on any atom is 0.248 e. The van der Waals surface area contributed by atoms with Crippen molar-refractivity contribution in [2.45, 2.75) is 31.8 Å². The zero-order chi connectivity index (χ0) is 18.4. The van der Waals surface area contributed by atoms with Crippen molar-refractivity contribution in [3.8, 4) is 5.75 Å². The molecule has 0 spiro atoms. The lowest BCUT2D eigenvalue weighted by Gasteiger charge is -2.45.